The van der Waals surface area contributed by atoms with Gasteiger partial charge in [0.15, 0.2) is 5.65 Å². The van der Waals surface area contributed by atoms with E-state index in [-0.39, 0.29) is 11.4 Å². The van der Waals surface area contributed by atoms with E-state index < -0.39 is 6.61 Å². The van der Waals surface area contributed by atoms with Gasteiger partial charge in [-0.15, -0.1) is 0 Å². The van der Waals surface area contributed by atoms with Crippen molar-refractivity contribution in [2.24, 2.45) is 0 Å². The number of hydrogen-bond donors (Lipinski definition) is 0. The third kappa shape index (κ3) is 4.22. The molecule has 164 valence electrons. The van der Waals surface area contributed by atoms with Crippen molar-refractivity contribution in [1.82, 2.24) is 14.5 Å². The molecular formula is C23H19F2N3O4. The van der Waals surface area contributed by atoms with Crippen LogP contribution in [0, 0.1) is 0 Å². The molecule has 0 unspecified atom stereocenters. The predicted molar refractivity (Wildman–Crippen MR) is 115 cm³/mol. The van der Waals surface area contributed by atoms with Gasteiger partial charge in [0, 0.05) is 23.1 Å². The van der Waals surface area contributed by atoms with Gasteiger partial charge in [-0.3, -0.25) is 9.36 Å². The predicted octanol–water partition coefficient (Wildman–Crippen LogP) is 4.46. The number of ether oxygens (including phenoxy) is 3. The molecule has 0 radical (unpaired) electrons. The van der Waals surface area contributed by atoms with Crippen molar-refractivity contribution in [1.29, 1.82) is 0 Å². The molecule has 32 heavy (non-hydrogen) atoms. The van der Waals surface area contributed by atoms with Gasteiger partial charge in [0.1, 0.15) is 5.75 Å². The summed E-state index contributed by atoms with van der Waals surface area (Å²) in [7, 11) is 1.56. The number of benzene rings is 1. The molecule has 0 bridgehead atoms. The van der Waals surface area contributed by atoms with Crippen molar-refractivity contribution < 1.29 is 23.0 Å². The lowest BCUT2D eigenvalue weighted by atomic mass is 10.1. The molecule has 0 aliphatic carbocycles. The van der Waals surface area contributed by atoms with E-state index in [4.69, 9.17) is 9.47 Å². The van der Waals surface area contributed by atoms with Crippen LogP contribution in [0.25, 0.3) is 27.8 Å². The summed E-state index contributed by atoms with van der Waals surface area (Å²) in [6, 6.07) is 15.1. The van der Waals surface area contributed by atoms with Crippen LogP contribution in [-0.2, 0) is 0 Å². The van der Waals surface area contributed by atoms with Crippen molar-refractivity contribution in [2.45, 2.75) is 13.5 Å². The smallest absolute Gasteiger partial charge is 0.388 e. The maximum Gasteiger partial charge on any atom is 0.388 e. The van der Waals surface area contributed by atoms with E-state index in [1.807, 2.05) is 6.92 Å². The Bertz CT molecular complexity index is 1290. The Kier molecular flexibility index (Phi) is 5.98. The van der Waals surface area contributed by atoms with Crippen molar-refractivity contribution in [3.8, 4) is 34.3 Å². The molecule has 9 heteroatoms. The highest BCUT2D eigenvalue weighted by atomic mass is 19.3. The zero-order valence-corrected chi connectivity index (χ0v) is 17.3. The molecule has 0 N–H and O–H groups in total. The third-order valence-corrected chi connectivity index (χ3v) is 4.71. The number of fused-ring (bicyclic) bond motifs is 1. The van der Waals surface area contributed by atoms with E-state index >= 15 is 0 Å². The normalized spacial score (nSPS) is 11.0. The molecule has 0 atom stereocenters. The van der Waals surface area contributed by atoms with E-state index in [2.05, 4.69) is 14.7 Å². The molecule has 3 aromatic heterocycles. The van der Waals surface area contributed by atoms with Crippen LogP contribution in [0.15, 0.2) is 65.6 Å². The molecule has 0 spiro atoms. The summed E-state index contributed by atoms with van der Waals surface area (Å²) in [5.74, 6) is 0.767. The first-order valence-electron chi connectivity index (χ1n) is 9.75. The zero-order chi connectivity index (χ0) is 22.7. The molecule has 0 aliphatic heterocycles. The van der Waals surface area contributed by atoms with Crippen LogP contribution in [0.4, 0.5) is 8.78 Å². The number of alkyl halides is 2. The average Bonchev–Trinajstić information content (AvgIpc) is 2.79. The molecule has 7 nitrogen and oxygen atoms in total. The molecular weight excluding hydrogens is 420 g/mol. The van der Waals surface area contributed by atoms with Crippen LogP contribution >= 0.6 is 0 Å². The third-order valence-electron chi connectivity index (χ3n) is 4.71. The van der Waals surface area contributed by atoms with Gasteiger partial charge in [0.25, 0.3) is 5.56 Å². The number of aromatic nitrogens is 3. The van der Waals surface area contributed by atoms with Gasteiger partial charge in [0.05, 0.1) is 25.6 Å². The second kappa shape index (κ2) is 9.01. The summed E-state index contributed by atoms with van der Waals surface area (Å²) in [5.41, 5.74) is 1.46. The molecule has 1 aromatic carbocycles. The lowest BCUT2D eigenvalue weighted by molar-refractivity contribution is -0.0528. The van der Waals surface area contributed by atoms with E-state index in [1.165, 1.54) is 22.9 Å². The fourth-order valence-corrected chi connectivity index (χ4v) is 3.28. The minimum absolute atomic E-state index is 0.254. The maximum atomic E-state index is 13.5. The molecule has 0 amide bonds. The van der Waals surface area contributed by atoms with Gasteiger partial charge in [-0.05, 0) is 42.8 Å². The molecule has 0 aliphatic rings. The van der Waals surface area contributed by atoms with Crippen LogP contribution < -0.4 is 19.8 Å². The second-order valence-electron chi connectivity index (χ2n) is 6.66. The summed E-state index contributed by atoms with van der Waals surface area (Å²) in [6.07, 6.45) is 1.28. The number of pyridine rings is 3. The van der Waals surface area contributed by atoms with Crippen molar-refractivity contribution in [3.05, 3.63) is 71.1 Å². The van der Waals surface area contributed by atoms with Crippen LogP contribution in [0.2, 0.25) is 0 Å². The Morgan fingerprint density at radius 2 is 1.78 bits per heavy atom. The molecule has 3 heterocycles. The summed E-state index contributed by atoms with van der Waals surface area (Å²) < 4.78 is 41.3. The first-order valence-corrected chi connectivity index (χ1v) is 9.75. The number of rotatable bonds is 7. The van der Waals surface area contributed by atoms with Crippen LogP contribution in [0.5, 0.6) is 17.5 Å². The first-order chi connectivity index (χ1) is 15.5. The highest BCUT2D eigenvalue weighted by molar-refractivity contribution is 5.83. The average molecular weight is 439 g/mol. The van der Waals surface area contributed by atoms with Crippen LogP contribution in [0.3, 0.4) is 0 Å². The summed E-state index contributed by atoms with van der Waals surface area (Å²) in [5, 5.41) is 0.687. The number of methoxy groups -OCH3 is 1. The molecule has 0 saturated carbocycles. The minimum atomic E-state index is -2.99. The largest absolute Gasteiger partial charge is 0.497 e. The van der Waals surface area contributed by atoms with Crippen LogP contribution in [0.1, 0.15) is 6.92 Å². The highest BCUT2D eigenvalue weighted by Gasteiger charge is 2.16. The quantitative estimate of drug-likeness (QED) is 0.423. The Hall–Kier alpha value is -4.01. The fourth-order valence-electron chi connectivity index (χ4n) is 3.28. The standard InChI is InChI=1S/C23H19F2N3O4/c1-3-31-20-10-6-15-12-18(14-4-8-17(30-2)9-5-14)22(29)28(21(15)27-20)16-7-11-19(26-13-16)32-23(24)25/h4-13,23H,3H2,1-2H3. The summed E-state index contributed by atoms with van der Waals surface area (Å²) in [6.45, 7) is -0.753. The second-order valence-corrected chi connectivity index (χ2v) is 6.66. The number of halogens is 2. The monoisotopic (exact) mass is 439 g/mol. The molecule has 0 fully saturated rings. The lowest BCUT2D eigenvalue weighted by Crippen LogP contribution is -2.21. The fraction of sp³-hybridized carbons (Fsp3) is 0.174. The van der Waals surface area contributed by atoms with Crippen molar-refractivity contribution >= 4 is 11.0 Å². The Labute approximate surface area is 181 Å². The molecule has 4 rings (SSSR count). The number of hydrogen-bond acceptors (Lipinski definition) is 6. The van der Waals surface area contributed by atoms with Gasteiger partial charge in [-0.1, -0.05) is 12.1 Å². The summed E-state index contributed by atoms with van der Waals surface area (Å²) >= 11 is 0. The lowest BCUT2D eigenvalue weighted by Gasteiger charge is -2.14. The molecule has 4 aromatic rings. The van der Waals surface area contributed by atoms with E-state index in [9.17, 15) is 13.6 Å². The number of nitrogens with zero attached hydrogens (tertiary/aromatic N) is 3. The SMILES string of the molecule is CCOc1ccc2cc(-c3ccc(OC)cc3)c(=O)n(-c3ccc(OC(F)F)nc3)c2n1. The Balaban J connectivity index is 1.93. The molecule has 0 saturated heterocycles. The van der Waals surface area contributed by atoms with E-state index in [0.29, 0.717) is 46.1 Å². The highest BCUT2D eigenvalue weighted by Crippen LogP contribution is 2.26. The van der Waals surface area contributed by atoms with Gasteiger partial charge < -0.3 is 14.2 Å². The van der Waals surface area contributed by atoms with Gasteiger partial charge in [0.2, 0.25) is 11.8 Å². The zero-order valence-electron chi connectivity index (χ0n) is 17.3. The minimum Gasteiger partial charge on any atom is -0.497 e. The van der Waals surface area contributed by atoms with Crippen molar-refractivity contribution in [3.63, 3.8) is 0 Å². The van der Waals surface area contributed by atoms with E-state index in [0.717, 1.165) is 0 Å². The van der Waals surface area contributed by atoms with Crippen LogP contribution in [-0.4, -0.2) is 34.9 Å². The van der Waals surface area contributed by atoms with Gasteiger partial charge in [-0.2, -0.15) is 13.8 Å². The van der Waals surface area contributed by atoms with E-state index in [1.54, 1.807) is 49.6 Å². The first kappa shape index (κ1) is 21.2. The van der Waals surface area contributed by atoms with Gasteiger partial charge in [-0.25, -0.2) is 4.98 Å². The summed E-state index contributed by atoms with van der Waals surface area (Å²) in [4.78, 5) is 21.9. The Morgan fingerprint density at radius 3 is 2.41 bits per heavy atom. The van der Waals surface area contributed by atoms with Gasteiger partial charge >= 0.3 is 6.61 Å². The maximum absolute atomic E-state index is 13.5. The topological polar surface area (TPSA) is 75.5 Å². The van der Waals surface area contributed by atoms with Crippen molar-refractivity contribution in [2.75, 3.05) is 13.7 Å². The Morgan fingerprint density at radius 1 is 1.03 bits per heavy atom.